The van der Waals surface area contributed by atoms with Crippen LogP contribution in [-0.2, 0) is 24.3 Å². The van der Waals surface area contributed by atoms with E-state index in [1.54, 1.807) is 11.3 Å². The minimum Gasteiger partial charge on any atom is -0.343 e. The summed E-state index contributed by atoms with van der Waals surface area (Å²) in [5, 5.41) is 14.1. The van der Waals surface area contributed by atoms with Gasteiger partial charge in [-0.05, 0) is 30.7 Å². The lowest BCUT2D eigenvalue weighted by atomic mass is 9.95. The van der Waals surface area contributed by atoms with Crippen LogP contribution in [0.1, 0.15) is 41.7 Å². The summed E-state index contributed by atoms with van der Waals surface area (Å²) in [5.41, 5.74) is 0. The normalized spacial score (nSPS) is 18.6. The molecule has 128 valence electrons. The molecule has 2 aromatic heterocycles. The molecule has 0 aromatic carbocycles. The number of likely N-dealkylation sites (tertiary alicyclic amines) is 1. The number of aryl methyl sites for hydroxylation is 1. The lowest BCUT2D eigenvalue weighted by molar-refractivity contribution is -0.132. The number of rotatable bonds is 4. The Balaban J connectivity index is 1.31. The number of nitrogens with zero attached hydrogens (tertiary/aromatic N) is 4. The van der Waals surface area contributed by atoms with Crippen LogP contribution >= 0.6 is 11.3 Å². The van der Waals surface area contributed by atoms with E-state index >= 15 is 0 Å². The van der Waals surface area contributed by atoms with Crippen LogP contribution in [0.4, 0.5) is 0 Å². The second kappa shape index (κ2) is 7.03. The smallest absolute Gasteiger partial charge is 0.222 e. The van der Waals surface area contributed by atoms with Gasteiger partial charge in [-0.1, -0.05) is 6.07 Å². The molecule has 4 heterocycles. The first-order valence-electron chi connectivity index (χ1n) is 8.74. The van der Waals surface area contributed by atoms with Crippen molar-refractivity contribution in [3.63, 3.8) is 0 Å². The fourth-order valence-electron chi connectivity index (χ4n) is 3.65. The van der Waals surface area contributed by atoms with Crippen LogP contribution in [0.25, 0.3) is 0 Å². The number of amides is 1. The Morgan fingerprint density at radius 2 is 2.17 bits per heavy atom. The second-order valence-corrected chi connectivity index (χ2v) is 7.57. The summed E-state index contributed by atoms with van der Waals surface area (Å²) in [5.74, 6) is 2.89. The molecule has 0 spiro atoms. The first-order chi connectivity index (χ1) is 11.8. The molecule has 24 heavy (non-hydrogen) atoms. The number of nitrogens with one attached hydrogen (secondary N) is 1. The van der Waals surface area contributed by atoms with Gasteiger partial charge in [0, 0.05) is 43.4 Å². The molecule has 2 aliphatic rings. The molecule has 2 aromatic rings. The maximum absolute atomic E-state index is 12.4. The van der Waals surface area contributed by atoms with Gasteiger partial charge >= 0.3 is 0 Å². The van der Waals surface area contributed by atoms with E-state index in [1.165, 1.54) is 4.88 Å². The van der Waals surface area contributed by atoms with Crippen molar-refractivity contribution in [2.75, 3.05) is 19.6 Å². The topological polar surface area (TPSA) is 63.1 Å². The molecular weight excluding hydrogens is 322 g/mol. The summed E-state index contributed by atoms with van der Waals surface area (Å²) in [6.45, 7) is 4.44. The van der Waals surface area contributed by atoms with Crippen molar-refractivity contribution < 1.29 is 4.79 Å². The largest absolute Gasteiger partial charge is 0.343 e. The van der Waals surface area contributed by atoms with Crippen molar-refractivity contribution in [3.05, 3.63) is 34.0 Å². The van der Waals surface area contributed by atoms with Crippen LogP contribution in [0.2, 0.25) is 0 Å². The van der Waals surface area contributed by atoms with Crippen LogP contribution in [0.3, 0.4) is 0 Å². The highest BCUT2D eigenvalue weighted by Crippen LogP contribution is 2.28. The van der Waals surface area contributed by atoms with Crippen molar-refractivity contribution in [2.45, 2.75) is 44.7 Å². The first-order valence-corrected chi connectivity index (χ1v) is 9.62. The number of carbonyl (C=O) groups is 1. The van der Waals surface area contributed by atoms with Gasteiger partial charge in [0.05, 0.1) is 6.54 Å². The molecule has 1 amide bonds. The van der Waals surface area contributed by atoms with Crippen LogP contribution in [0.5, 0.6) is 0 Å². The highest BCUT2D eigenvalue weighted by Gasteiger charge is 2.28. The quantitative estimate of drug-likeness (QED) is 0.917. The van der Waals surface area contributed by atoms with Gasteiger partial charge in [-0.3, -0.25) is 4.79 Å². The molecule has 0 saturated carbocycles. The summed E-state index contributed by atoms with van der Waals surface area (Å²) in [4.78, 5) is 15.7. The number of hydrogen-bond donors (Lipinski definition) is 1. The first kappa shape index (κ1) is 15.8. The predicted octanol–water partition coefficient (Wildman–Crippen LogP) is 1.78. The zero-order chi connectivity index (χ0) is 16.4. The standard InChI is InChI=1S/C17H23N5OS/c23-16(4-3-14-2-1-11-24-14)21-8-5-13(6-9-21)17-20-19-15-12-18-7-10-22(15)17/h1-2,11,13,18H,3-10,12H2. The van der Waals surface area contributed by atoms with Gasteiger partial charge in [0.25, 0.3) is 0 Å². The summed E-state index contributed by atoms with van der Waals surface area (Å²) in [7, 11) is 0. The zero-order valence-corrected chi connectivity index (χ0v) is 14.6. The zero-order valence-electron chi connectivity index (χ0n) is 13.8. The van der Waals surface area contributed by atoms with E-state index in [4.69, 9.17) is 0 Å². The van der Waals surface area contributed by atoms with Crippen molar-refractivity contribution in [3.8, 4) is 0 Å². The van der Waals surface area contributed by atoms with Gasteiger partial charge < -0.3 is 14.8 Å². The van der Waals surface area contributed by atoms with Gasteiger partial charge in [0.15, 0.2) is 0 Å². The Hall–Kier alpha value is -1.73. The number of hydrogen-bond acceptors (Lipinski definition) is 5. The summed E-state index contributed by atoms with van der Waals surface area (Å²) in [6, 6.07) is 4.15. The molecule has 0 atom stereocenters. The molecule has 7 heteroatoms. The summed E-state index contributed by atoms with van der Waals surface area (Å²) < 4.78 is 2.27. The maximum Gasteiger partial charge on any atom is 0.222 e. The molecule has 1 saturated heterocycles. The molecule has 1 fully saturated rings. The highest BCUT2D eigenvalue weighted by atomic mass is 32.1. The summed E-state index contributed by atoms with van der Waals surface area (Å²) >= 11 is 1.73. The number of aromatic nitrogens is 3. The van der Waals surface area contributed by atoms with E-state index in [1.807, 2.05) is 11.0 Å². The van der Waals surface area contributed by atoms with Crippen LogP contribution < -0.4 is 5.32 Å². The predicted molar refractivity (Wildman–Crippen MR) is 92.9 cm³/mol. The fraction of sp³-hybridized carbons (Fsp3) is 0.588. The lowest BCUT2D eigenvalue weighted by Gasteiger charge is -2.32. The maximum atomic E-state index is 12.4. The van der Waals surface area contributed by atoms with Gasteiger partial charge in [-0.2, -0.15) is 0 Å². The van der Waals surface area contributed by atoms with Crippen molar-refractivity contribution in [2.24, 2.45) is 0 Å². The summed E-state index contributed by atoms with van der Waals surface area (Å²) in [6.07, 6.45) is 3.48. The van der Waals surface area contributed by atoms with E-state index in [0.29, 0.717) is 12.3 Å². The number of thiophene rings is 1. The van der Waals surface area contributed by atoms with E-state index in [0.717, 1.165) is 63.6 Å². The Morgan fingerprint density at radius 3 is 2.96 bits per heavy atom. The molecule has 0 bridgehead atoms. The molecule has 6 nitrogen and oxygen atoms in total. The van der Waals surface area contributed by atoms with Crippen molar-refractivity contribution in [1.29, 1.82) is 0 Å². The van der Waals surface area contributed by atoms with E-state index in [2.05, 4.69) is 31.5 Å². The van der Waals surface area contributed by atoms with Crippen LogP contribution in [-0.4, -0.2) is 45.2 Å². The Kier molecular flexibility index (Phi) is 4.62. The van der Waals surface area contributed by atoms with Crippen molar-refractivity contribution in [1.82, 2.24) is 25.0 Å². The minimum absolute atomic E-state index is 0.286. The second-order valence-electron chi connectivity index (χ2n) is 6.54. The fourth-order valence-corrected chi connectivity index (χ4v) is 4.36. The molecule has 0 unspecified atom stereocenters. The Bertz CT molecular complexity index is 688. The molecular formula is C17H23N5OS. The number of piperidine rings is 1. The third kappa shape index (κ3) is 3.23. The van der Waals surface area contributed by atoms with Crippen LogP contribution in [0.15, 0.2) is 17.5 Å². The van der Waals surface area contributed by atoms with E-state index in [9.17, 15) is 4.79 Å². The van der Waals surface area contributed by atoms with Gasteiger partial charge in [0.2, 0.25) is 5.91 Å². The number of fused-ring (bicyclic) bond motifs is 1. The van der Waals surface area contributed by atoms with Gasteiger partial charge in [0.1, 0.15) is 11.6 Å². The lowest BCUT2D eigenvalue weighted by Crippen LogP contribution is -2.39. The van der Waals surface area contributed by atoms with E-state index in [-0.39, 0.29) is 5.91 Å². The Labute approximate surface area is 145 Å². The third-order valence-electron chi connectivity index (χ3n) is 5.03. The van der Waals surface area contributed by atoms with Gasteiger partial charge in [-0.15, -0.1) is 21.5 Å². The third-order valence-corrected chi connectivity index (χ3v) is 5.97. The molecule has 2 aliphatic heterocycles. The molecule has 4 rings (SSSR count). The Morgan fingerprint density at radius 1 is 1.29 bits per heavy atom. The molecule has 1 N–H and O–H groups in total. The van der Waals surface area contributed by atoms with E-state index < -0.39 is 0 Å². The molecule has 0 aliphatic carbocycles. The monoisotopic (exact) mass is 345 g/mol. The van der Waals surface area contributed by atoms with Gasteiger partial charge in [-0.25, -0.2) is 0 Å². The highest BCUT2D eigenvalue weighted by molar-refractivity contribution is 7.09. The molecule has 0 radical (unpaired) electrons. The SMILES string of the molecule is O=C(CCc1cccs1)N1CCC(c2nnc3n2CCNC3)CC1. The minimum atomic E-state index is 0.286. The van der Waals surface area contributed by atoms with Crippen LogP contribution in [0, 0.1) is 0 Å². The van der Waals surface area contributed by atoms with Crippen molar-refractivity contribution >= 4 is 17.2 Å². The number of carbonyl (C=O) groups excluding carboxylic acids is 1. The average Bonchev–Trinajstić information content (AvgIpc) is 3.29. The average molecular weight is 345 g/mol.